The predicted molar refractivity (Wildman–Crippen MR) is 76.8 cm³/mol. The fourth-order valence-corrected chi connectivity index (χ4v) is 2.69. The lowest BCUT2D eigenvalue weighted by molar-refractivity contribution is -0.132. The minimum atomic E-state index is -0.0632. The van der Waals surface area contributed by atoms with Crippen LogP contribution in [0.5, 0.6) is 0 Å². The molecule has 1 heterocycles. The van der Waals surface area contributed by atoms with Gasteiger partial charge in [0, 0.05) is 25.9 Å². The molecule has 0 aliphatic carbocycles. The molecule has 2 rings (SSSR count). The molecule has 1 aromatic carbocycles. The van der Waals surface area contributed by atoms with E-state index < -0.39 is 0 Å². The van der Waals surface area contributed by atoms with Gasteiger partial charge in [0.1, 0.15) is 0 Å². The van der Waals surface area contributed by atoms with Crippen LogP contribution >= 0.6 is 11.8 Å². The van der Waals surface area contributed by atoms with E-state index in [-0.39, 0.29) is 11.9 Å². The van der Waals surface area contributed by atoms with Crippen molar-refractivity contribution in [2.24, 2.45) is 0 Å². The monoisotopic (exact) mass is 264 g/mol. The van der Waals surface area contributed by atoms with Crippen molar-refractivity contribution in [3.63, 3.8) is 0 Å². The van der Waals surface area contributed by atoms with Gasteiger partial charge in [-0.3, -0.25) is 4.79 Å². The second kappa shape index (κ2) is 6.25. The van der Waals surface area contributed by atoms with Gasteiger partial charge in [-0.15, -0.1) is 0 Å². The summed E-state index contributed by atoms with van der Waals surface area (Å²) in [7, 11) is 1.89. The second-order valence-corrected chi connectivity index (χ2v) is 5.64. The Kier molecular flexibility index (Phi) is 4.66. The molecule has 0 aromatic heterocycles. The van der Waals surface area contributed by atoms with Gasteiger partial charge in [0.2, 0.25) is 5.91 Å². The number of likely N-dealkylation sites (N-methyl/N-ethyl adjacent to an activating group) is 1. The van der Waals surface area contributed by atoms with Crippen molar-refractivity contribution < 1.29 is 4.79 Å². The standard InChI is InChI=1S/C14H20N2OS/c1-16(7-8-18-2)14(17)13-9-11-5-3-4-6-12(11)10-15-13/h3-6,13,15H,7-10H2,1-2H3/t13-/m0/s1. The zero-order valence-corrected chi connectivity index (χ0v) is 11.8. The molecule has 3 nitrogen and oxygen atoms in total. The Balaban J connectivity index is 1.98. The molecule has 0 fully saturated rings. The minimum absolute atomic E-state index is 0.0632. The Hall–Kier alpha value is -1.00. The average molecular weight is 264 g/mol. The van der Waals surface area contributed by atoms with Crippen LogP contribution in [0.2, 0.25) is 0 Å². The Labute approximate surface area is 113 Å². The maximum absolute atomic E-state index is 12.3. The fraction of sp³-hybridized carbons (Fsp3) is 0.500. The lowest BCUT2D eigenvalue weighted by atomic mass is 9.95. The molecule has 18 heavy (non-hydrogen) atoms. The van der Waals surface area contributed by atoms with E-state index in [2.05, 4.69) is 23.7 Å². The summed E-state index contributed by atoms with van der Waals surface area (Å²) in [6.45, 7) is 1.61. The molecule has 0 saturated heterocycles. The average Bonchev–Trinajstić information content (AvgIpc) is 2.43. The molecule has 1 aliphatic heterocycles. The first kappa shape index (κ1) is 13.4. The predicted octanol–water partition coefficient (Wildman–Crippen LogP) is 1.52. The highest BCUT2D eigenvalue weighted by Crippen LogP contribution is 2.17. The molecule has 1 atom stereocenters. The number of amides is 1. The van der Waals surface area contributed by atoms with Crippen LogP contribution in [0.4, 0.5) is 0 Å². The fourth-order valence-electron chi connectivity index (χ4n) is 2.23. The van der Waals surface area contributed by atoms with Gasteiger partial charge in [0.15, 0.2) is 0 Å². The molecule has 4 heteroatoms. The molecular weight excluding hydrogens is 244 g/mol. The molecule has 1 aliphatic rings. The molecule has 1 N–H and O–H groups in total. The number of nitrogens with one attached hydrogen (secondary N) is 1. The Bertz CT molecular complexity index is 422. The molecule has 0 bridgehead atoms. The molecular formula is C14H20N2OS. The van der Waals surface area contributed by atoms with Crippen LogP contribution in [-0.4, -0.2) is 42.4 Å². The number of fused-ring (bicyclic) bond motifs is 1. The Morgan fingerprint density at radius 3 is 2.89 bits per heavy atom. The van der Waals surface area contributed by atoms with Gasteiger partial charge in [0.05, 0.1) is 6.04 Å². The van der Waals surface area contributed by atoms with Gasteiger partial charge < -0.3 is 10.2 Å². The van der Waals surface area contributed by atoms with Crippen molar-refractivity contribution in [2.75, 3.05) is 25.6 Å². The summed E-state index contributed by atoms with van der Waals surface area (Å²) in [5, 5.41) is 3.33. The molecule has 0 unspecified atom stereocenters. The van der Waals surface area contributed by atoms with Crippen LogP contribution in [0, 0.1) is 0 Å². The maximum atomic E-state index is 12.3. The smallest absolute Gasteiger partial charge is 0.239 e. The molecule has 98 valence electrons. The molecule has 1 amide bonds. The van der Waals surface area contributed by atoms with E-state index in [0.29, 0.717) is 0 Å². The Morgan fingerprint density at radius 2 is 2.17 bits per heavy atom. The summed E-state index contributed by atoms with van der Waals surface area (Å²) >= 11 is 1.77. The van der Waals surface area contributed by atoms with Crippen molar-refractivity contribution in [3.8, 4) is 0 Å². The van der Waals surface area contributed by atoms with E-state index in [0.717, 1.165) is 25.3 Å². The van der Waals surface area contributed by atoms with E-state index >= 15 is 0 Å². The number of hydrogen-bond acceptors (Lipinski definition) is 3. The molecule has 1 aromatic rings. The molecule has 0 radical (unpaired) electrons. The SMILES string of the molecule is CSCCN(C)C(=O)[C@@H]1Cc2ccccc2CN1. The van der Waals surface area contributed by atoms with Gasteiger partial charge >= 0.3 is 0 Å². The van der Waals surface area contributed by atoms with E-state index in [9.17, 15) is 4.79 Å². The first-order valence-electron chi connectivity index (χ1n) is 6.26. The number of carbonyl (C=O) groups excluding carboxylic acids is 1. The highest BCUT2D eigenvalue weighted by Gasteiger charge is 2.25. The van der Waals surface area contributed by atoms with E-state index in [1.54, 1.807) is 11.8 Å². The van der Waals surface area contributed by atoms with Crippen LogP contribution in [0.3, 0.4) is 0 Å². The van der Waals surface area contributed by atoms with Gasteiger partial charge in [-0.05, 0) is 23.8 Å². The van der Waals surface area contributed by atoms with Gasteiger partial charge in [-0.1, -0.05) is 24.3 Å². The Morgan fingerprint density at radius 1 is 1.44 bits per heavy atom. The summed E-state index contributed by atoms with van der Waals surface area (Å²) in [6, 6.07) is 8.28. The van der Waals surface area contributed by atoms with Crippen LogP contribution in [0.1, 0.15) is 11.1 Å². The van der Waals surface area contributed by atoms with Crippen LogP contribution in [-0.2, 0) is 17.8 Å². The molecule has 0 saturated carbocycles. The van der Waals surface area contributed by atoms with Crippen molar-refractivity contribution in [2.45, 2.75) is 19.0 Å². The quantitative estimate of drug-likeness (QED) is 0.895. The van der Waals surface area contributed by atoms with Crippen molar-refractivity contribution in [1.29, 1.82) is 0 Å². The van der Waals surface area contributed by atoms with Crippen molar-refractivity contribution in [1.82, 2.24) is 10.2 Å². The summed E-state index contributed by atoms with van der Waals surface area (Å²) < 4.78 is 0. The summed E-state index contributed by atoms with van der Waals surface area (Å²) in [5.41, 5.74) is 2.61. The zero-order chi connectivity index (χ0) is 13.0. The van der Waals surface area contributed by atoms with Crippen LogP contribution in [0.25, 0.3) is 0 Å². The zero-order valence-electron chi connectivity index (χ0n) is 11.0. The van der Waals surface area contributed by atoms with Crippen LogP contribution < -0.4 is 5.32 Å². The number of thioether (sulfide) groups is 1. The van der Waals surface area contributed by atoms with E-state index in [1.165, 1.54) is 11.1 Å². The summed E-state index contributed by atoms with van der Waals surface area (Å²) in [6.07, 6.45) is 2.87. The summed E-state index contributed by atoms with van der Waals surface area (Å²) in [5.74, 6) is 1.20. The van der Waals surface area contributed by atoms with Crippen molar-refractivity contribution in [3.05, 3.63) is 35.4 Å². The number of carbonyl (C=O) groups is 1. The highest BCUT2D eigenvalue weighted by molar-refractivity contribution is 7.98. The van der Waals surface area contributed by atoms with E-state index in [1.807, 2.05) is 24.1 Å². The third-order valence-corrected chi connectivity index (χ3v) is 3.98. The normalized spacial score (nSPS) is 18.2. The van der Waals surface area contributed by atoms with E-state index in [4.69, 9.17) is 0 Å². The number of rotatable bonds is 4. The van der Waals surface area contributed by atoms with Gasteiger partial charge in [-0.25, -0.2) is 0 Å². The van der Waals surface area contributed by atoms with Crippen LogP contribution in [0.15, 0.2) is 24.3 Å². The number of benzene rings is 1. The third-order valence-electron chi connectivity index (χ3n) is 3.39. The highest BCUT2D eigenvalue weighted by atomic mass is 32.2. The maximum Gasteiger partial charge on any atom is 0.239 e. The lowest BCUT2D eigenvalue weighted by Crippen LogP contribution is -2.48. The summed E-state index contributed by atoms with van der Waals surface area (Å²) in [4.78, 5) is 14.1. The third kappa shape index (κ3) is 3.06. The number of nitrogens with zero attached hydrogens (tertiary/aromatic N) is 1. The molecule has 0 spiro atoms. The van der Waals surface area contributed by atoms with Crippen molar-refractivity contribution >= 4 is 17.7 Å². The first-order chi connectivity index (χ1) is 8.72. The minimum Gasteiger partial charge on any atom is -0.344 e. The topological polar surface area (TPSA) is 32.3 Å². The largest absolute Gasteiger partial charge is 0.344 e. The second-order valence-electron chi connectivity index (χ2n) is 4.66. The van der Waals surface area contributed by atoms with Gasteiger partial charge in [-0.2, -0.15) is 11.8 Å². The first-order valence-corrected chi connectivity index (χ1v) is 7.66. The number of hydrogen-bond donors (Lipinski definition) is 1. The lowest BCUT2D eigenvalue weighted by Gasteiger charge is -2.29. The van der Waals surface area contributed by atoms with Gasteiger partial charge in [0.25, 0.3) is 0 Å².